The van der Waals surface area contributed by atoms with Crippen LogP contribution < -0.4 is 5.32 Å². The fraction of sp³-hybridized carbons (Fsp3) is 0.500. The van der Waals surface area contributed by atoms with Gasteiger partial charge in [0.05, 0.1) is 0 Å². The second-order valence-electron chi connectivity index (χ2n) is 5.17. The van der Waals surface area contributed by atoms with Crippen LogP contribution in [0, 0.1) is 13.8 Å². The molecule has 0 bridgehead atoms. The summed E-state index contributed by atoms with van der Waals surface area (Å²) in [6.07, 6.45) is 3.33. The molecule has 0 amide bonds. The summed E-state index contributed by atoms with van der Waals surface area (Å²) in [5.41, 5.74) is 3.78. The third-order valence-corrected chi connectivity index (χ3v) is 4.27. The van der Waals surface area contributed by atoms with Crippen LogP contribution in [0.3, 0.4) is 0 Å². The predicted molar refractivity (Wildman–Crippen MR) is 86.3 cm³/mol. The molecule has 1 heterocycles. The van der Waals surface area contributed by atoms with Crippen molar-refractivity contribution < 1.29 is 0 Å². The number of benzene rings is 1. The molecular weight excluding hydrogens is 266 g/mol. The predicted octanol–water partition coefficient (Wildman–Crippen LogP) is 3.75. The van der Waals surface area contributed by atoms with Crippen LogP contribution in [-0.2, 0) is 6.42 Å². The maximum Gasteiger partial charge on any atom is 0.148 e. The van der Waals surface area contributed by atoms with E-state index in [1.807, 2.05) is 0 Å². The van der Waals surface area contributed by atoms with Crippen molar-refractivity contribution in [1.29, 1.82) is 0 Å². The highest BCUT2D eigenvalue weighted by Crippen LogP contribution is 2.27. The average molecular weight is 289 g/mol. The normalized spacial score (nSPS) is 10.9. The summed E-state index contributed by atoms with van der Waals surface area (Å²) in [7, 11) is 0. The van der Waals surface area contributed by atoms with E-state index >= 15 is 0 Å². The quantitative estimate of drug-likeness (QED) is 0.789. The van der Waals surface area contributed by atoms with E-state index in [9.17, 15) is 0 Å². The van der Waals surface area contributed by atoms with Crippen molar-refractivity contribution in [2.45, 2.75) is 40.0 Å². The number of aryl methyl sites for hydroxylation is 3. The van der Waals surface area contributed by atoms with Gasteiger partial charge in [0.2, 0.25) is 0 Å². The summed E-state index contributed by atoms with van der Waals surface area (Å²) >= 11 is 1.72. The summed E-state index contributed by atoms with van der Waals surface area (Å²) < 4.78 is 0. The molecule has 20 heavy (non-hydrogen) atoms. The lowest BCUT2D eigenvalue weighted by Gasteiger charge is -2.02. The smallest absolute Gasteiger partial charge is 0.148 e. The topological polar surface area (TPSA) is 37.8 Å². The summed E-state index contributed by atoms with van der Waals surface area (Å²) in [4.78, 5) is 0. The number of nitrogens with zero attached hydrogens (tertiary/aromatic N) is 2. The number of nitrogens with one attached hydrogen (secondary N) is 1. The Morgan fingerprint density at radius 2 is 2.00 bits per heavy atom. The Morgan fingerprint density at radius 3 is 2.75 bits per heavy atom. The molecule has 2 aromatic rings. The largest absolute Gasteiger partial charge is 0.317 e. The molecule has 0 spiro atoms. The molecule has 1 aromatic carbocycles. The Balaban J connectivity index is 1.95. The zero-order valence-electron chi connectivity index (χ0n) is 12.6. The summed E-state index contributed by atoms with van der Waals surface area (Å²) in [5, 5.41) is 14.2. The monoisotopic (exact) mass is 289 g/mol. The number of hydrogen-bond donors (Lipinski definition) is 1. The molecule has 2 rings (SSSR count). The summed E-state index contributed by atoms with van der Waals surface area (Å²) in [6.45, 7) is 8.61. The molecule has 0 atom stereocenters. The SMILES string of the molecule is CCCNCCCc1nnc(-c2ccc(C)cc2C)s1. The van der Waals surface area contributed by atoms with Gasteiger partial charge in [-0.2, -0.15) is 0 Å². The van der Waals surface area contributed by atoms with Gasteiger partial charge in [0.1, 0.15) is 10.0 Å². The van der Waals surface area contributed by atoms with E-state index < -0.39 is 0 Å². The van der Waals surface area contributed by atoms with Crippen LogP contribution in [0.2, 0.25) is 0 Å². The fourth-order valence-corrected chi connectivity index (χ4v) is 3.16. The van der Waals surface area contributed by atoms with E-state index in [0.29, 0.717) is 0 Å². The lowest BCUT2D eigenvalue weighted by molar-refractivity contribution is 0.637. The molecule has 0 radical (unpaired) electrons. The van der Waals surface area contributed by atoms with Gasteiger partial charge in [0.15, 0.2) is 0 Å². The van der Waals surface area contributed by atoms with Crippen LogP contribution in [0.25, 0.3) is 10.6 Å². The van der Waals surface area contributed by atoms with Crippen LogP contribution in [-0.4, -0.2) is 23.3 Å². The van der Waals surface area contributed by atoms with E-state index in [4.69, 9.17) is 0 Å². The molecule has 0 aliphatic heterocycles. The molecule has 0 aliphatic carbocycles. The van der Waals surface area contributed by atoms with Crippen molar-refractivity contribution in [3.05, 3.63) is 34.3 Å². The van der Waals surface area contributed by atoms with E-state index in [-0.39, 0.29) is 0 Å². The second-order valence-corrected chi connectivity index (χ2v) is 6.23. The van der Waals surface area contributed by atoms with Crippen molar-refractivity contribution in [3.63, 3.8) is 0 Å². The molecule has 0 saturated carbocycles. The maximum atomic E-state index is 4.34. The van der Waals surface area contributed by atoms with Crippen LogP contribution in [0.15, 0.2) is 18.2 Å². The highest BCUT2D eigenvalue weighted by molar-refractivity contribution is 7.14. The summed E-state index contributed by atoms with van der Waals surface area (Å²) in [6, 6.07) is 6.49. The Bertz CT molecular complexity index is 548. The highest BCUT2D eigenvalue weighted by atomic mass is 32.1. The Labute approximate surface area is 125 Å². The van der Waals surface area contributed by atoms with E-state index in [1.165, 1.54) is 23.1 Å². The first kappa shape index (κ1) is 15.1. The molecule has 0 saturated heterocycles. The minimum atomic E-state index is 1.01. The van der Waals surface area contributed by atoms with Crippen molar-refractivity contribution >= 4 is 11.3 Å². The van der Waals surface area contributed by atoms with Crippen LogP contribution in [0.1, 0.15) is 35.9 Å². The minimum Gasteiger partial charge on any atom is -0.317 e. The van der Waals surface area contributed by atoms with Crippen LogP contribution in [0.4, 0.5) is 0 Å². The van der Waals surface area contributed by atoms with Gasteiger partial charge in [-0.3, -0.25) is 0 Å². The zero-order valence-corrected chi connectivity index (χ0v) is 13.4. The van der Waals surface area contributed by atoms with Gasteiger partial charge in [-0.15, -0.1) is 10.2 Å². The Hall–Kier alpha value is -1.26. The highest BCUT2D eigenvalue weighted by Gasteiger charge is 2.08. The number of aromatic nitrogens is 2. The van der Waals surface area contributed by atoms with Gasteiger partial charge >= 0.3 is 0 Å². The minimum absolute atomic E-state index is 1.01. The second kappa shape index (κ2) is 7.50. The molecule has 0 aliphatic rings. The van der Waals surface area contributed by atoms with Crippen molar-refractivity contribution in [1.82, 2.24) is 15.5 Å². The third kappa shape index (κ3) is 4.12. The molecule has 0 unspecified atom stereocenters. The maximum absolute atomic E-state index is 4.34. The first-order chi connectivity index (χ1) is 9.70. The molecule has 4 heteroatoms. The molecule has 0 fully saturated rings. The van der Waals surface area contributed by atoms with Gasteiger partial charge in [-0.25, -0.2) is 0 Å². The Morgan fingerprint density at radius 1 is 1.15 bits per heavy atom. The molecule has 108 valence electrons. The first-order valence-corrected chi connectivity index (χ1v) is 8.13. The fourth-order valence-electron chi connectivity index (χ4n) is 2.18. The van der Waals surface area contributed by atoms with E-state index in [0.717, 1.165) is 35.9 Å². The zero-order chi connectivity index (χ0) is 14.4. The number of rotatable bonds is 7. The number of hydrogen-bond acceptors (Lipinski definition) is 4. The lowest BCUT2D eigenvalue weighted by Crippen LogP contribution is -2.16. The lowest BCUT2D eigenvalue weighted by atomic mass is 10.1. The van der Waals surface area contributed by atoms with Gasteiger partial charge in [0, 0.05) is 12.0 Å². The van der Waals surface area contributed by atoms with Crippen LogP contribution in [0.5, 0.6) is 0 Å². The third-order valence-electron chi connectivity index (χ3n) is 3.25. The first-order valence-electron chi connectivity index (χ1n) is 7.31. The van der Waals surface area contributed by atoms with Gasteiger partial charge < -0.3 is 5.32 Å². The Kier molecular flexibility index (Phi) is 5.68. The molecule has 3 nitrogen and oxygen atoms in total. The molecule has 1 aromatic heterocycles. The van der Waals surface area contributed by atoms with Gasteiger partial charge in [-0.1, -0.05) is 42.0 Å². The van der Waals surface area contributed by atoms with E-state index in [2.05, 4.69) is 54.5 Å². The average Bonchev–Trinajstić information content (AvgIpc) is 2.87. The molecule has 1 N–H and O–H groups in total. The van der Waals surface area contributed by atoms with Crippen molar-refractivity contribution in [3.8, 4) is 10.6 Å². The molecular formula is C16H23N3S. The van der Waals surface area contributed by atoms with Crippen molar-refractivity contribution in [2.24, 2.45) is 0 Å². The van der Waals surface area contributed by atoms with Gasteiger partial charge in [0.25, 0.3) is 0 Å². The summed E-state index contributed by atoms with van der Waals surface area (Å²) in [5.74, 6) is 0. The van der Waals surface area contributed by atoms with Gasteiger partial charge in [-0.05, 0) is 45.3 Å². The van der Waals surface area contributed by atoms with Crippen molar-refractivity contribution in [2.75, 3.05) is 13.1 Å². The van der Waals surface area contributed by atoms with E-state index in [1.54, 1.807) is 11.3 Å². The van der Waals surface area contributed by atoms with Crippen LogP contribution >= 0.6 is 11.3 Å². The standard InChI is InChI=1S/C16H23N3S/c1-4-9-17-10-5-6-15-18-19-16(20-15)14-8-7-12(2)11-13(14)3/h7-8,11,17H,4-6,9-10H2,1-3H3.